The van der Waals surface area contributed by atoms with Gasteiger partial charge in [0.2, 0.25) is 0 Å². The number of nitrogens with two attached hydrogens (primary N) is 1. The quantitative estimate of drug-likeness (QED) is 0.931. The Morgan fingerprint density at radius 2 is 2.00 bits per heavy atom. The van der Waals surface area contributed by atoms with Crippen molar-refractivity contribution in [3.63, 3.8) is 0 Å². The normalized spacial score (nSPS) is 28.9. The fourth-order valence-corrected chi connectivity index (χ4v) is 3.79. The lowest BCUT2D eigenvalue weighted by Gasteiger charge is -2.47. The van der Waals surface area contributed by atoms with Crippen LogP contribution in [-0.4, -0.2) is 36.7 Å². The van der Waals surface area contributed by atoms with Crippen LogP contribution in [0, 0.1) is 0 Å². The molecule has 3 rings (SSSR count). The molecule has 1 heterocycles. The molecule has 3 unspecified atom stereocenters. The lowest BCUT2D eigenvalue weighted by atomic mass is 9.88. The molecule has 0 radical (unpaired) electrons. The molecule has 1 saturated heterocycles. The zero-order valence-corrected chi connectivity index (χ0v) is 12.6. The van der Waals surface area contributed by atoms with Crippen molar-refractivity contribution in [2.75, 3.05) is 19.7 Å². The van der Waals surface area contributed by atoms with Crippen LogP contribution in [0.2, 0.25) is 5.02 Å². The summed E-state index contributed by atoms with van der Waals surface area (Å²) in [5, 5.41) is 0.780. The lowest BCUT2D eigenvalue weighted by Crippen LogP contribution is -2.54. The second-order valence-electron chi connectivity index (χ2n) is 5.80. The first-order chi connectivity index (χ1) is 9.79. The Morgan fingerprint density at radius 3 is 2.75 bits per heavy atom. The maximum atomic E-state index is 6.08. The third-order valence-corrected chi connectivity index (χ3v) is 4.91. The summed E-state index contributed by atoms with van der Waals surface area (Å²) < 4.78 is 5.96. The van der Waals surface area contributed by atoms with Gasteiger partial charge in [0.05, 0.1) is 12.7 Å². The molecule has 1 saturated carbocycles. The first-order valence-electron chi connectivity index (χ1n) is 7.62. The molecule has 3 nitrogen and oxygen atoms in total. The lowest BCUT2D eigenvalue weighted by molar-refractivity contribution is -0.102. The number of fused-ring (bicyclic) bond motifs is 1. The molecule has 1 aromatic rings. The predicted octanol–water partition coefficient (Wildman–Crippen LogP) is 2.98. The van der Waals surface area contributed by atoms with Gasteiger partial charge in [-0.1, -0.05) is 36.6 Å². The number of hydrogen-bond acceptors (Lipinski definition) is 3. The number of halogens is 1. The van der Waals surface area contributed by atoms with E-state index in [1.807, 2.05) is 12.1 Å². The number of benzene rings is 1. The van der Waals surface area contributed by atoms with Crippen LogP contribution in [0.25, 0.3) is 0 Å². The van der Waals surface area contributed by atoms with Gasteiger partial charge in [0.15, 0.2) is 0 Å². The van der Waals surface area contributed by atoms with Crippen LogP contribution in [0.4, 0.5) is 0 Å². The van der Waals surface area contributed by atoms with Crippen molar-refractivity contribution in [2.24, 2.45) is 5.73 Å². The molecule has 2 aliphatic rings. The van der Waals surface area contributed by atoms with Crippen LogP contribution < -0.4 is 5.73 Å². The van der Waals surface area contributed by atoms with E-state index in [4.69, 9.17) is 22.1 Å². The molecule has 0 bridgehead atoms. The monoisotopic (exact) mass is 294 g/mol. The highest BCUT2D eigenvalue weighted by Crippen LogP contribution is 2.34. The Kier molecular flexibility index (Phi) is 4.61. The SMILES string of the molecule is NCC(c1ccc(Cl)cc1)N1CCOC2CCCCC21. The second-order valence-corrected chi connectivity index (χ2v) is 6.24. The van der Waals surface area contributed by atoms with Crippen molar-refractivity contribution in [1.29, 1.82) is 0 Å². The first-order valence-corrected chi connectivity index (χ1v) is 8.00. The largest absolute Gasteiger partial charge is 0.375 e. The Morgan fingerprint density at radius 1 is 1.25 bits per heavy atom. The van der Waals surface area contributed by atoms with Gasteiger partial charge in [-0.25, -0.2) is 0 Å². The van der Waals surface area contributed by atoms with Crippen LogP contribution in [0.5, 0.6) is 0 Å². The van der Waals surface area contributed by atoms with Crippen LogP contribution in [-0.2, 0) is 4.74 Å². The molecular weight excluding hydrogens is 272 g/mol. The number of rotatable bonds is 3. The Hall–Kier alpha value is -0.610. The summed E-state index contributed by atoms with van der Waals surface area (Å²) in [6.45, 7) is 2.45. The van der Waals surface area contributed by atoms with E-state index in [0.717, 1.165) is 18.2 Å². The topological polar surface area (TPSA) is 38.5 Å². The van der Waals surface area contributed by atoms with Crippen LogP contribution in [0.15, 0.2) is 24.3 Å². The zero-order chi connectivity index (χ0) is 13.9. The Labute approximate surface area is 126 Å². The fourth-order valence-electron chi connectivity index (χ4n) is 3.66. The molecule has 1 aliphatic carbocycles. The van der Waals surface area contributed by atoms with Gasteiger partial charge in [-0.3, -0.25) is 4.90 Å². The van der Waals surface area contributed by atoms with E-state index in [2.05, 4.69) is 17.0 Å². The molecule has 4 heteroatoms. The maximum absolute atomic E-state index is 6.08. The molecule has 0 amide bonds. The van der Waals surface area contributed by atoms with E-state index in [-0.39, 0.29) is 6.04 Å². The summed E-state index contributed by atoms with van der Waals surface area (Å²) in [6.07, 6.45) is 5.43. The predicted molar refractivity (Wildman–Crippen MR) is 81.9 cm³/mol. The van der Waals surface area contributed by atoms with Gasteiger partial charge in [-0.15, -0.1) is 0 Å². The van der Waals surface area contributed by atoms with Gasteiger partial charge in [-0.05, 0) is 30.5 Å². The number of morpholine rings is 1. The van der Waals surface area contributed by atoms with Crippen LogP contribution >= 0.6 is 11.6 Å². The summed E-state index contributed by atoms with van der Waals surface area (Å²) in [4.78, 5) is 2.57. The number of nitrogens with zero attached hydrogens (tertiary/aromatic N) is 1. The van der Waals surface area contributed by atoms with Gasteiger partial charge < -0.3 is 10.5 Å². The summed E-state index contributed by atoms with van der Waals surface area (Å²) >= 11 is 5.99. The smallest absolute Gasteiger partial charge is 0.0731 e. The summed E-state index contributed by atoms with van der Waals surface area (Å²) in [6, 6.07) is 8.93. The van der Waals surface area contributed by atoms with Gasteiger partial charge in [-0.2, -0.15) is 0 Å². The minimum absolute atomic E-state index is 0.279. The van der Waals surface area contributed by atoms with E-state index in [9.17, 15) is 0 Å². The number of hydrogen-bond donors (Lipinski definition) is 1. The third kappa shape index (κ3) is 2.86. The summed E-state index contributed by atoms with van der Waals surface area (Å²) in [5.74, 6) is 0. The van der Waals surface area contributed by atoms with Gasteiger partial charge in [0, 0.05) is 30.2 Å². The first kappa shape index (κ1) is 14.3. The van der Waals surface area contributed by atoms with Crippen molar-refractivity contribution in [3.8, 4) is 0 Å². The molecule has 3 atom stereocenters. The van der Waals surface area contributed by atoms with Crippen LogP contribution in [0.1, 0.15) is 37.3 Å². The average Bonchev–Trinajstić information content (AvgIpc) is 2.50. The minimum atomic E-state index is 0.279. The number of ether oxygens (including phenoxy) is 1. The molecule has 0 spiro atoms. The van der Waals surface area contributed by atoms with Crippen molar-refractivity contribution in [1.82, 2.24) is 4.90 Å². The van der Waals surface area contributed by atoms with E-state index >= 15 is 0 Å². The highest BCUT2D eigenvalue weighted by atomic mass is 35.5. The molecule has 1 aliphatic heterocycles. The Balaban J connectivity index is 1.82. The zero-order valence-electron chi connectivity index (χ0n) is 11.8. The Bertz CT molecular complexity index is 435. The van der Waals surface area contributed by atoms with Gasteiger partial charge >= 0.3 is 0 Å². The molecule has 0 aromatic heterocycles. The van der Waals surface area contributed by atoms with E-state index in [1.165, 1.54) is 31.2 Å². The summed E-state index contributed by atoms with van der Waals surface area (Å²) in [5.41, 5.74) is 7.35. The standard InChI is InChI=1S/C16H23ClN2O/c17-13-7-5-12(6-8-13)15(11-18)19-9-10-20-16-4-2-1-3-14(16)19/h5-8,14-16H,1-4,9-11,18H2. The molecule has 1 aromatic carbocycles. The van der Waals surface area contributed by atoms with Crippen molar-refractivity contribution in [3.05, 3.63) is 34.9 Å². The minimum Gasteiger partial charge on any atom is -0.375 e. The van der Waals surface area contributed by atoms with Crippen molar-refractivity contribution >= 4 is 11.6 Å². The van der Waals surface area contributed by atoms with E-state index < -0.39 is 0 Å². The van der Waals surface area contributed by atoms with Gasteiger partial charge in [0.1, 0.15) is 0 Å². The van der Waals surface area contributed by atoms with Crippen molar-refractivity contribution < 1.29 is 4.74 Å². The molecule has 20 heavy (non-hydrogen) atoms. The van der Waals surface area contributed by atoms with Crippen molar-refractivity contribution in [2.45, 2.75) is 43.9 Å². The average molecular weight is 295 g/mol. The van der Waals surface area contributed by atoms with E-state index in [1.54, 1.807) is 0 Å². The van der Waals surface area contributed by atoms with Crippen LogP contribution in [0.3, 0.4) is 0 Å². The summed E-state index contributed by atoms with van der Waals surface area (Å²) in [7, 11) is 0. The fraction of sp³-hybridized carbons (Fsp3) is 0.625. The molecule has 2 N–H and O–H groups in total. The highest BCUT2D eigenvalue weighted by Gasteiger charge is 2.37. The third-order valence-electron chi connectivity index (χ3n) is 4.65. The molecular formula is C16H23ClN2O. The highest BCUT2D eigenvalue weighted by molar-refractivity contribution is 6.30. The van der Waals surface area contributed by atoms with Gasteiger partial charge in [0.25, 0.3) is 0 Å². The van der Waals surface area contributed by atoms with E-state index in [0.29, 0.717) is 18.7 Å². The molecule has 2 fully saturated rings. The maximum Gasteiger partial charge on any atom is 0.0731 e. The molecule has 110 valence electrons. The second kappa shape index (κ2) is 6.44.